The average molecular weight is 266 g/mol. The summed E-state index contributed by atoms with van der Waals surface area (Å²) in [6.45, 7) is 2.02. The van der Waals surface area contributed by atoms with E-state index in [2.05, 4.69) is 0 Å². The number of ketones is 1. The molecule has 2 aliphatic rings. The van der Waals surface area contributed by atoms with Gasteiger partial charge in [0.1, 0.15) is 5.60 Å². The molecule has 0 amide bonds. The van der Waals surface area contributed by atoms with Crippen LogP contribution in [0.3, 0.4) is 0 Å². The highest BCUT2D eigenvalue weighted by Gasteiger charge is 2.44. The van der Waals surface area contributed by atoms with Gasteiger partial charge in [-0.2, -0.15) is 0 Å². The number of carbonyl (C=O) groups excluding carboxylic acids is 1. The molecule has 19 heavy (non-hydrogen) atoms. The number of aliphatic hydroxyl groups is 1. The molecule has 0 saturated heterocycles. The van der Waals surface area contributed by atoms with E-state index in [0.29, 0.717) is 6.42 Å². The predicted octanol–water partition coefficient (Wildman–Crippen LogP) is 4.25. The van der Waals surface area contributed by atoms with Gasteiger partial charge in [0, 0.05) is 5.92 Å². The maximum absolute atomic E-state index is 12.7. The van der Waals surface area contributed by atoms with Gasteiger partial charge in [0.2, 0.25) is 0 Å². The van der Waals surface area contributed by atoms with E-state index in [1.165, 1.54) is 38.5 Å². The molecule has 2 unspecified atom stereocenters. The van der Waals surface area contributed by atoms with Gasteiger partial charge in [-0.15, -0.1) is 0 Å². The van der Waals surface area contributed by atoms with Gasteiger partial charge < -0.3 is 5.11 Å². The van der Waals surface area contributed by atoms with E-state index in [1.807, 2.05) is 6.92 Å². The van der Waals surface area contributed by atoms with Gasteiger partial charge in [-0.3, -0.25) is 4.79 Å². The quantitative estimate of drug-likeness (QED) is 0.770. The summed E-state index contributed by atoms with van der Waals surface area (Å²) in [5, 5.41) is 11.1. The number of hydrogen-bond acceptors (Lipinski definition) is 2. The van der Waals surface area contributed by atoms with Gasteiger partial charge in [0.25, 0.3) is 0 Å². The Hall–Kier alpha value is -0.370. The highest BCUT2D eigenvalue weighted by Crippen LogP contribution is 2.38. The Kier molecular flexibility index (Phi) is 5.44. The molecule has 2 aliphatic carbocycles. The number of rotatable bonds is 1. The van der Waals surface area contributed by atoms with Gasteiger partial charge in [-0.05, 0) is 31.6 Å². The third kappa shape index (κ3) is 3.59. The molecule has 0 bridgehead atoms. The van der Waals surface area contributed by atoms with Gasteiger partial charge in [0.05, 0.1) is 0 Å². The molecule has 0 aromatic rings. The van der Waals surface area contributed by atoms with Crippen LogP contribution in [0.4, 0.5) is 0 Å². The zero-order valence-electron chi connectivity index (χ0n) is 12.5. The van der Waals surface area contributed by atoms with Gasteiger partial charge in [-0.1, -0.05) is 58.3 Å². The molecule has 0 aliphatic heterocycles. The van der Waals surface area contributed by atoms with E-state index in [-0.39, 0.29) is 17.6 Å². The van der Waals surface area contributed by atoms with Crippen LogP contribution in [0.1, 0.15) is 84.0 Å². The summed E-state index contributed by atoms with van der Waals surface area (Å²) in [7, 11) is 0. The van der Waals surface area contributed by atoms with Crippen LogP contribution in [0, 0.1) is 11.8 Å². The van der Waals surface area contributed by atoms with E-state index in [4.69, 9.17) is 0 Å². The largest absolute Gasteiger partial charge is 0.382 e. The molecule has 2 atom stereocenters. The van der Waals surface area contributed by atoms with Gasteiger partial charge in [-0.25, -0.2) is 0 Å². The minimum Gasteiger partial charge on any atom is -0.382 e. The van der Waals surface area contributed by atoms with E-state index in [9.17, 15) is 9.90 Å². The fourth-order valence-electron chi connectivity index (χ4n) is 4.04. The lowest BCUT2D eigenvalue weighted by Crippen LogP contribution is -2.49. The minimum absolute atomic E-state index is 0.0516. The smallest absolute Gasteiger partial charge is 0.167 e. The van der Waals surface area contributed by atoms with Crippen molar-refractivity contribution in [3.8, 4) is 0 Å². The van der Waals surface area contributed by atoms with Crippen LogP contribution >= 0.6 is 0 Å². The van der Waals surface area contributed by atoms with Crippen LogP contribution in [0.5, 0.6) is 0 Å². The molecule has 0 heterocycles. The standard InChI is InChI=1S/C17H30O2/c1-14-10-6-5-9-13-17(19,16(14)18)15-11-7-3-2-4-8-12-15/h14-15,19H,2-13H2,1H3. The molecule has 2 nitrogen and oxygen atoms in total. The molecular formula is C17H30O2. The maximum atomic E-state index is 12.7. The van der Waals surface area contributed by atoms with Gasteiger partial charge in [0.15, 0.2) is 5.78 Å². The molecular weight excluding hydrogens is 236 g/mol. The highest BCUT2D eigenvalue weighted by molar-refractivity contribution is 5.89. The minimum atomic E-state index is -1.00. The average Bonchev–Trinajstić information content (AvgIpc) is 2.35. The Bertz CT molecular complexity index is 292. The molecule has 2 rings (SSSR count). The fourth-order valence-corrected chi connectivity index (χ4v) is 4.04. The van der Waals surface area contributed by atoms with E-state index in [1.54, 1.807) is 0 Å². The zero-order valence-corrected chi connectivity index (χ0v) is 12.5. The number of carbonyl (C=O) groups is 1. The Labute approximate surface area is 118 Å². The lowest BCUT2D eigenvalue weighted by Gasteiger charge is -2.39. The summed E-state index contributed by atoms with van der Waals surface area (Å²) in [6, 6.07) is 0. The van der Waals surface area contributed by atoms with Crippen LogP contribution in [0.15, 0.2) is 0 Å². The van der Waals surface area contributed by atoms with Crippen molar-refractivity contribution in [3.63, 3.8) is 0 Å². The fraction of sp³-hybridized carbons (Fsp3) is 0.941. The topological polar surface area (TPSA) is 37.3 Å². The Balaban J connectivity index is 2.12. The lowest BCUT2D eigenvalue weighted by molar-refractivity contribution is -0.151. The summed E-state index contributed by atoms with van der Waals surface area (Å²) in [4.78, 5) is 12.7. The molecule has 110 valence electrons. The van der Waals surface area contributed by atoms with E-state index >= 15 is 0 Å². The third-order valence-electron chi connectivity index (χ3n) is 5.35. The first-order valence-electron chi connectivity index (χ1n) is 8.41. The summed E-state index contributed by atoms with van der Waals surface area (Å²) in [5.74, 6) is 0.425. The molecule has 2 heteroatoms. The van der Waals surface area contributed by atoms with E-state index < -0.39 is 5.60 Å². The Morgan fingerprint density at radius 1 is 0.895 bits per heavy atom. The lowest BCUT2D eigenvalue weighted by atomic mass is 9.69. The molecule has 0 radical (unpaired) electrons. The first-order valence-corrected chi connectivity index (χ1v) is 8.41. The maximum Gasteiger partial charge on any atom is 0.167 e. The molecule has 2 saturated carbocycles. The van der Waals surface area contributed by atoms with Crippen molar-refractivity contribution in [1.29, 1.82) is 0 Å². The van der Waals surface area contributed by atoms with Crippen LogP contribution in [-0.2, 0) is 4.79 Å². The summed E-state index contributed by atoms with van der Waals surface area (Å²) < 4.78 is 0. The summed E-state index contributed by atoms with van der Waals surface area (Å²) >= 11 is 0. The van der Waals surface area contributed by atoms with Crippen LogP contribution in [-0.4, -0.2) is 16.5 Å². The molecule has 0 aromatic heterocycles. The van der Waals surface area contributed by atoms with Crippen molar-refractivity contribution in [2.75, 3.05) is 0 Å². The SMILES string of the molecule is CC1CCCCCC(O)(C2CCCCCCC2)C1=O. The molecule has 2 fully saturated rings. The predicted molar refractivity (Wildman–Crippen MR) is 78.0 cm³/mol. The molecule has 0 spiro atoms. The third-order valence-corrected chi connectivity index (χ3v) is 5.35. The van der Waals surface area contributed by atoms with Crippen LogP contribution < -0.4 is 0 Å². The van der Waals surface area contributed by atoms with Crippen LogP contribution in [0.2, 0.25) is 0 Å². The van der Waals surface area contributed by atoms with Crippen molar-refractivity contribution in [1.82, 2.24) is 0 Å². The van der Waals surface area contributed by atoms with Crippen molar-refractivity contribution in [2.45, 2.75) is 89.6 Å². The monoisotopic (exact) mass is 266 g/mol. The number of Topliss-reactive ketones (excluding diaryl/α,β-unsaturated/α-hetero) is 1. The van der Waals surface area contributed by atoms with Crippen molar-refractivity contribution < 1.29 is 9.90 Å². The Morgan fingerprint density at radius 3 is 2.11 bits per heavy atom. The zero-order chi connectivity index (χ0) is 13.7. The summed E-state index contributed by atoms with van der Waals surface area (Å²) in [5.41, 5.74) is -1.00. The molecule has 0 aromatic carbocycles. The van der Waals surface area contributed by atoms with E-state index in [0.717, 1.165) is 32.1 Å². The first kappa shape index (κ1) is 15.0. The first-order chi connectivity index (χ1) is 9.14. The highest BCUT2D eigenvalue weighted by atomic mass is 16.3. The van der Waals surface area contributed by atoms with Crippen LogP contribution in [0.25, 0.3) is 0 Å². The van der Waals surface area contributed by atoms with Crippen molar-refractivity contribution >= 4 is 5.78 Å². The van der Waals surface area contributed by atoms with Crippen molar-refractivity contribution in [3.05, 3.63) is 0 Å². The second-order valence-corrected chi connectivity index (χ2v) is 6.83. The van der Waals surface area contributed by atoms with Crippen molar-refractivity contribution in [2.24, 2.45) is 11.8 Å². The summed E-state index contributed by atoms with van der Waals surface area (Å²) in [6.07, 6.45) is 13.4. The second kappa shape index (κ2) is 6.88. The Morgan fingerprint density at radius 2 is 1.42 bits per heavy atom. The second-order valence-electron chi connectivity index (χ2n) is 6.83. The normalized spacial score (nSPS) is 36.1. The van der Waals surface area contributed by atoms with Gasteiger partial charge >= 0.3 is 0 Å². The number of hydrogen-bond donors (Lipinski definition) is 1. The molecule has 1 N–H and O–H groups in total.